The van der Waals surface area contributed by atoms with Gasteiger partial charge < -0.3 is 5.32 Å². The van der Waals surface area contributed by atoms with Gasteiger partial charge in [0.1, 0.15) is 5.69 Å². The number of rotatable bonds is 6. The molecule has 0 unspecified atom stereocenters. The highest BCUT2D eigenvalue weighted by atomic mass is 16.1. The maximum atomic E-state index is 11.7. The summed E-state index contributed by atoms with van der Waals surface area (Å²) in [5, 5.41) is 2.86. The quantitative estimate of drug-likeness (QED) is 0.827. The predicted octanol–water partition coefficient (Wildman–Crippen LogP) is 1.33. The molecular formula is C13H22N4O. The molecule has 0 aliphatic rings. The molecule has 0 spiro atoms. The second-order valence-electron chi connectivity index (χ2n) is 4.77. The van der Waals surface area contributed by atoms with Crippen LogP contribution in [-0.4, -0.2) is 45.9 Å². The first-order valence-corrected chi connectivity index (χ1v) is 6.32. The summed E-state index contributed by atoms with van der Waals surface area (Å²) < 4.78 is 0. The molecule has 18 heavy (non-hydrogen) atoms. The third-order valence-electron chi connectivity index (χ3n) is 2.78. The normalized spacial score (nSPS) is 11.3. The fraction of sp³-hybridized carbons (Fsp3) is 0.615. The van der Waals surface area contributed by atoms with Crippen LogP contribution in [0.4, 0.5) is 0 Å². The lowest BCUT2D eigenvalue weighted by atomic mass is 10.2. The summed E-state index contributed by atoms with van der Waals surface area (Å²) in [6, 6.07) is 0.942. The number of hydrogen-bond acceptors (Lipinski definition) is 4. The molecule has 0 atom stereocenters. The molecule has 0 fully saturated rings. The summed E-state index contributed by atoms with van der Waals surface area (Å²) in [4.78, 5) is 21.9. The Kier molecular flexibility index (Phi) is 5.71. The van der Waals surface area contributed by atoms with Crippen LogP contribution in [-0.2, 0) is 0 Å². The van der Waals surface area contributed by atoms with Gasteiger partial charge in [-0.15, -0.1) is 0 Å². The van der Waals surface area contributed by atoms with Gasteiger partial charge in [0, 0.05) is 37.6 Å². The van der Waals surface area contributed by atoms with Crippen molar-refractivity contribution in [1.82, 2.24) is 20.2 Å². The maximum Gasteiger partial charge on any atom is 0.271 e. The minimum absolute atomic E-state index is 0.171. The van der Waals surface area contributed by atoms with Crippen molar-refractivity contribution in [2.24, 2.45) is 0 Å². The van der Waals surface area contributed by atoms with Crippen LogP contribution in [0.1, 0.15) is 38.2 Å². The summed E-state index contributed by atoms with van der Waals surface area (Å²) in [5.41, 5.74) is 0.359. The molecule has 5 nitrogen and oxygen atoms in total. The second-order valence-corrected chi connectivity index (χ2v) is 4.77. The molecule has 0 radical (unpaired) electrons. The first-order chi connectivity index (χ1) is 8.52. The zero-order valence-corrected chi connectivity index (χ0v) is 11.6. The molecule has 0 aliphatic heterocycles. The molecule has 1 rings (SSSR count). The number of carbonyl (C=O) groups is 1. The molecule has 100 valence electrons. The van der Waals surface area contributed by atoms with Crippen LogP contribution in [0.5, 0.6) is 0 Å². The molecule has 0 aliphatic carbocycles. The third kappa shape index (κ3) is 4.41. The minimum Gasteiger partial charge on any atom is -0.349 e. The molecule has 1 heterocycles. The van der Waals surface area contributed by atoms with Crippen molar-refractivity contribution < 1.29 is 4.79 Å². The van der Waals surface area contributed by atoms with Crippen LogP contribution in [0.25, 0.3) is 0 Å². The lowest BCUT2D eigenvalue weighted by molar-refractivity contribution is 0.0934. The monoisotopic (exact) mass is 250 g/mol. The molecule has 1 aromatic rings. The van der Waals surface area contributed by atoms with Gasteiger partial charge >= 0.3 is 0 Å². The second kappa shape index (κ2) is 7.06. The molecule has 1 amide bonds. The van der Waals surface area contributed by atoms with E-state index in [4.69, 9.17) is 0 Å². The minimum atomic E-state index is -0.171. The zero-order chi connectivity index (χ0) is 13.5. The Balaban J connectivity index is 2.40. The number of amides is 1. The van der Waals surface area contributed by atoms with Crippen molar-refractivity contribution in [3.05, 3.63) is 24.3 Å². The van der Waals surface area contributed by atoms with E-state index < -0.39 is 0 Å². The highest BCUT2D eigenvalue weighted by molar-refractivity contribution is 5.91. The van der Waals surface area contributed by atoms with Crippen molar-refractivity contribution in [2.45, 2.75) is 39.8 Å². The van der Waals surface area contributed by atoms with Crippen molar-refractivity contribution in [1.29, 1.82) is 0 Å². The van der Waals surface area contributed by atoms with Crippen LogP contribution in [0.2, 0.25) is 0 Å². The molecule has 0 aromatic carbocycles. The fourth-order valence-corrected chi connectivity index (χ4v) is 1.92. The number of hydrogen-bond donors (Lipinski definition) is 1. The fourth-order valence-electron chi connectivity index (χ4n) is 1.92. The van der Waals surface area contributed by atoms with E-state index in [-0.39, 0.29) is 5.91 Å². The van der Waals surface area contributed by atoms with Crippen molar-refractivity contribution in [3.63, 3.8) is 0 Å². The van der Waals surface area contributed by atoms with Crippen LogP contribution in [0, 0.1) is 0 Å². The smallest absolute Gasteiger partial charge is 0.271 e. The summed E-state index contributed by atoms with van der Waals surface area (Å²) in [6.07, 6.45) is 4.54. The van der Waals surface area contributed by atoms with E-state index in [2.05, 4.69) is 47.9 Å². The van der Waals surface area contributed by atoms with Crippen LogP contribution >= 0.6 is 0 Å². The Hall–Kier alpha value is -1.49. The highest BCUT2D eigenvalue weighted by Gasteiger charge is 2.13. The maximum absolute atomic E-state index is 11.7. The van der Waals surface area contributed by atoms with E-state index in [1.165, 1.54) is 12.4 Å². The van der Waals surface area contributed by atoms with E-state index in [0.29, 0.717) is 24.3 Å². The average Bonchev–Trinajstić information content (AvgIpc) is 2.34. The zero-order valence-electron chi connectivity index (χ0n) is 11.6. The van der Waals surface area contributed by atoms with E-state index >= 15 is 0 Å². The molecule has 1 N–H and O–H groups in total. The van der Waals surface area contributed by atoms with Gasteiger partial charge in [0.2, 0.25) is 0 Å². The Labute approximate surface area is 109 Å². The molecule has 0 saturated heterocycles. The first-order valence-electron chi connectivity index (χ1n) is 6.32. The molecule has 0 saturated carbocycles. The Morgan fingerprint density at radius 1 is 1.28 bits per heavy atom. The number of nitrogens with zero attached hydrogens (tertiary/aromatic N) is 3. The number of aromatic nitrogens is 2. The Morgan fingerprint density at radius 3 is 2.44 bits per heavy atom. The third-order valence-corrected chi connectivity index (χ3v) is 2.78. The van der Waals surface area contributed by atoms with Gasteiger partial charge in [-0.3, -0.25) is 14.7 Å². The van der Waals surface area contributed by atoms with E-state index in [9.17, 15) is 4.79 Å². The average molecular weight is 250 g/mol. The van der Waals surface area contributed by atoms with E-state index in [1.807, 2.05) is 0 Å². The SMILES string of the molecule is CC(C)N(CCNC(=O)c1cnccn1)C(C)C. The van der Waals surface area contributed by atoms with Crippen molar-refractivity contribution >= 4 is 5.91 Å². The largest absolute Gasteiger partial charge is 0.349 e. The van der Waals surface area contributed by atoms with Gasteiger partial charge in [0.05, 0.1) is 6.20 Å². The lowest BCUT2D eigenvalue weighted by Crippen LogP contribution is -2.42. The van der Waals surface area contributed by atoms with Gasteiger partial charge in [-0.25, -0.2) is 4.98 Å². The summed E-state index contributed by atoms with van der Waals surface area (Å²) in [5.74, 6) is -0.171. The Bertz CT molecular complexity index is 357. The van der Waals surface area contributed by atoms with Crippen LogP contribution in [0.3, 0.4) is 0 Å². The molecule has 0 bridgehead atoms. The number of carbonyl (C=O) groups excluding carboxylic acids is 1. The Morgan fingerprint density at radius 2 is 1.94 bits per heavy atom. The van der Waals surface area contributed by atoms with Crippen molar-refractivity contribution in [3.8, 4) is 0 Å². The van der Waals surface area contributed by atoms with Gasteiger partial charge in [0.15, 0.2) is 0 Å². The van der Waals surface area contributed by atoms with Crippen LogP contribution < -0.4 is 5.32 Å². The topological polar surface area (TPSA) is 58.1 Å². The van der Waals surface area contributed by atoms with E-state index in [0.717, 1.165) is 6.54 Å². The first kappa shape index (κ1) is 14.6. The molecular weight excluding hydrogens is 228 g/mol. The summed E-state index contributed by atoms with van der Waals surface area (Å²) in [6.45, 7) is 10.1. The highest BCUT2D eigenvalue weighted by Crippen LogP contribution is 2.03. The van der Waals surface area contributed by atoms with Crippen molar-refractivity contribution in [2.75, 3.05) is 13.1 Å². The van der Waals surface area contributed by atoms with Gasteiger partial charge in [-0.1, -0.05) is 0 Å². The number of nitrogens with one attached hydrogen (secondary N) is 1. The summed E-state index contributed by atoms with van der Waals surface area (Å²) in [7, 11) is 0. The molecule has 5 heteroatoms. The lowest BCUT2D eigenvalue weighted by Gasteiger charge is -2.30. The van der Waals surface area contributed by atoms with Gasteiger partial charge in [0.25, 0.3) is 5.91 Å². The summed E-state index contributed by atoms with van der Waals surface area (Å²) >= 11 is 0. The van der Waals surface area contributed by atoms with Gasteiger partial charge in [-0.2, -0.15) is 0 Å². The van der Waals surface area contributed by atoms with E-state index in [1.54, 1.807) is 6.20 Å². The van der Waals surface area contributed by atoms with Crippen LogP contribution in [0.15, 0.2) is 18.6 Å². The van der Waals surface area contributed by atoms with Gasteiger partial charge in [-0.05, 0) is 27.7 Å². The predicted molar refractivity (Wildman–Crippen MR) is 71.3 cm³/mol. The molecule has 1 aromatic heterocycles. The standard InChI is InChI=1S/C13H22N4O/c1-10(2)17(11(3)4)8-7-16-13(18)12-9-14-5-6-15-12/h5-6,9-11H,7-8H2,1-4H3,(H,16,18).